The number of pyridine rings is 1. The maximum atomic E-state index is 11.8. The van der Waals surface area contributed by atoms with Crippen molar-refractivity contribution >= 4 is 21.8 Å². The molecule has 0 aliphatic heterocycles. The molecule has 1 unspecified atom stereocenters. The Morgan fingerprint density at radius 1 is 1.56 bits per heavy atom. The van der Waals surface area contributed by atoms with Crippen LogP contribution in [0.3, 0.4) is 0 Å². The van der Waals surface area contributed by atoms with E-state index in [1.54, 1.807) is 12.1 Å². The Kier molecular flexibility index (Phi) is 4.89. The molecular formula is C11H15BrN2O2. The summed E-state index contributed by atoms with van der Waals surface area (Å²) in [6, 6.07) is 3.16. The summed E-state index contributed by atoms with van der Waals surface area (Å²) in [5.74, 6) is -0.0230. The van der Waals surface area contributed by atoms with Crippen molar-refractivity contribution < 1.29 is 9.90 Å². The number of aliphatic hydroxyl groups excluding tert-OH is 1. The Morgan fingerprint density at radius 2 is 2.25 bits per heavy atom. The van der Waals surface area contributed by atoms with Crippen molar-refractivity contribution in [2.24, 2.45) is 5.92 Å². The molecule has 0 aromatic carbocycles. The number of nitrogens with zero attached hydrogens (tertiary/aromatic N) is 1. The van der Waals surface area contributed by atoms with Gasteiger partial charge in [-0.25, -0.2) is 4.98 Å². The van der Waals surface area contributed by atoms with E-state index in [1.165, 1.54) is 6.20 Å². The average Bonchev–Trinajstić information content (AvgIpc) is 2.26. The third-order valence-corrected chi connectivity index (χ3v) is 2.78. The molecule has 0 aliphatic carbocycles. The van der Waals surface area contributed by atoms with Gasteiger partial charge in [0.15, 0.2) is 0 Å². The first-order chi connectivity index (χ1) is 7.54. The predicted octanol–water partition coefficient (Wildman–Crippen LogP) is 1.59. The van der Waals surface area contributed by atoms with Gasteiger partial charge in [0, 0.05) is 6.20 Å². The lowest BCUT2D eigenvalue weighted by molar-refractivity contribution is 0.0896. The largest absolute Gasteiger partial charge is 0.394 e. The number of carbonyl (C=O) groups excluding carboxylic acids is 1. The second-order valence-corrected chi connectivity index (χ2v) is 4.69. The lowest BCUT2D eigenvalue weighted by Crippen LogP contribution is -2.41. The topological polar surface area (TPSA) is 62.2 Å². The van der Waals surface area contributed by atoms with Gasteiger partial charge >= 0.3 is 0 Å². The van der Waals surface area contributed by atoms with E-state index in [0.29, 0.717) is 10.2 Å². The molecule has 1 heterocycles. The van der Waals surface area contributed by atoms with Crippen LogP contribution in [0.4, 0.5) is 0 Å². The molecule has 1 rings (SSSR count). The molecule has 16 heavy (non-hydrogen) atoms. The minimum absolute atomic E-state index is 0.0621. The van der Waals surface area contributed by atoms with Crippen molar-refractivity contribution in [1.29, 1.82) is 0 Å². The van der Waals surface area contributed by atoms with Crippen LogP contribution in [-0.4, -0.2) is 28.6 Å². The minimum Gasteiger partial charge on any atom is -0.394 e. The fraction of sp³-hybridized carbons (Fsp3) is 0.455. The van der Waals surface area contributed by atoms with Crippen LogP contribution in [0.25, 0.3) is 0 Å². The normalized spacial score (nSPS) is 12.6. The molecule has 0 aliphatic rings. The van der Waals surface area contributed by atoms with E-state index in [0.717, 1.165) is 0 Å². The first-order valence-electron chi connectivity index (χ1n) is 5.08. The van der Waals surface area contributed by atoms with Crippen LogP contribution >= 0.6 is 15.9 Å². The molecule has 5 heteroatoms. The van der Waals surface area contributed by atoms with Gasteiger partial charge in [-0.3, -0.25) is 4.79 Å². The summed E-state index contributed by atoms with van der Waals surface area (Å²) in [7, 11) is 0. The molecule has 0 saturated carbocycles. The Balaban J connectivity index is 2.68. The van der Waals surface area contributed by atoms with Crippen LogP contribution in [0, 0.1) is 5.92 Å². The Morgan fingerprint density at radius 3 is 2.69 bits per heavy atom. The fourth-order valence-electron chi connectivity index (χ4n) is 1.18. The monoisotopic (exact) mass is 286 g/mol. The number of nitrogens with one attached hydrogen (secondary N) is 1. The standard InChI is InChI=1S/C11H15BrN2O2/c1-7(2)9(6-15)14-11(16)8-3-4-10(12)13-5-8/h3-5,7,9,15H,6H2,1-2H3,(H,14,16). The highest BCUT2D eigenvalue weighted by Gasteiger charge is 2.16. The Labute approximate surface area is 103 Å². The molecule has 0 saturated heterocycles. The Hall–Kier alpha value is -0.940. The van der Waals surface area contributed by atoms with Crippen LogP contribution < -0.4 is 5.32 Å². The lowest BCUT2D eigenvalue weighted by atomic mass is 10.1. The van der Waals surface area contributed by atoms with Crippen LogP contribution in [0.1, 0.15) is 24.2 Å². The van der Waals surface area contributed by atoms with Crippen molar-refractivity contribution in [3.8, 4) is 0 Å². The van der Waals surface area contributed by atoms with Crippen molar-refractivity contribution in [3.63, 3.8) is 0 Å². The van der Waals surface area contributed by atoms with Gasteiger partial charge in [0.05, 0.1) is 18.2 Å². The molecule has 0 spiro atoms. The maximum Gasteiger partial charge on any atom is 0.253 e. The first kappa shape index (κ1) is 13.1. The van der Waals surface area contributed by atoms with E-state index in [1.807, 2.05) is 13.8 Å². The lowest BCUT2D eigenvalue weighted by Gasteiger charge is -2.19. The van der Waals surface area contributed by atoms with Gasteiger partial charge in [-0.15, -0.1) is 0 Å². The molecule has 0 radical (unpaired) electrons. The molecule has 4 nitrogen and oxygen atoms in total. The van der Waals surface area contributed by atoms with Crippen LogP contribution in [0.15, 0.2) is 22.9 Å². The van der Waals surface area contributed by atoms with E-state index < -0.39 is 0 Å². The zero-order chi connectivity index (χ0) is 12.1. The van der Waals surface area contributed by atoms with Crippen LogP contribution in [0.2, 0.25) is 0 Å². The number of hydrogen-bond acceptors (Lipinski definition) is 3. The molecule has 1 aromatic rings. The highest BCUT2D eigenvalue weighted by molar-refractivity contribution is 9.10. The number of carbonyl (C=O) groups is 1. The molecule has 1 atom stereocenters. The van der Waals surface area contributed by atoms with Crippen molar-refractivity contribution in [1.82, 2.24) is 10.3 Å². The van der Waals surface area contributed by atoms with Gasteiger partial charge in [0.1, 0.15) is 4.60 Å². The van der Waals surface area contributed by atoms with E-state index in [9.17, 15) is 4.79 Å². The first-order valence-corrected chi connectivity index (χ1v) is 5.87. The highest BCUT2D eigenvalue weighted by atomic mass is 79.9. The molecule has 0 bridgehead atoms. The molecule has 0 fully saturated rings. The zero-order valence-corrected chi connectivity index (χ0v) is 10.9. The summed E-state index contributed by atoms with van der Waals surface area (Å²) in [4.78, 5) is 15.7. The summed E-state index contributed by atoms with van der Waals surface area (Å²) in [5.41, 5.74) is 0.488. The summed E-state index contributed by atoms with van der Waals surface area (Å²) in [6.45, 7) is 3.83. The molecule has 2 N–H and O–H groups in total. The number of halogens is 1. The fourth-order valence-corrected chi connectivity index (χ4v) is 1.42. The van der Waals surface area contributed by atoms with Crippen LogP contribution in [-0.2, 0) is 0 Å². The van der Waals surface area contributed by atoms with E-state index in [2.05, 4.69) is 26.2 Å². The van der Waals surface area contributed by atoms with Gasteiger partial charge in [-0.05, 0) is 34.0 Å². The number of aliphatic hydroxyl groups is 1. The summed E-state index contributed by atoms with van der Waals surface area (Å²) in [5, 5.41) is 11.9. The number of amides is 1. The third kappa shape index (κ3) is 3.57. The predicted molar refractivity (Wildman–Crippen MR) is 65.1 cm³/mol. The number of rotatable bonds is 4. The highest BCUT2D eigenvalue weighted by Crippen LogP contribution is 2.07. The van der Waals surface area contributed by atoms with Gasteiger partial charge in [0.25, 0.3) is 5.91 Å². The second kappa shape index (κ2) is 5.96. The zero-order valence-electron chi connectivity index (χ0n) is 9.27. The summed E-state index contributed by atoms with van der Waals surface area (Å²) >= 11 is 3.20. The van der Waals surface area contributed by atoms with E-state index >= 15 is 0 Å². The van der Waals surface area contributed by atoms with E-state index in [4.69, 9.17) is 5.11 Å². The minimum atomic E-state index is -0.226. The Bertz CT molecular complexity index is 352. The third-order valence-electron chi connectivity index (χ3n) is 2.31. The van der Waals surface area contributed by atoms with Gasteiger partial charge in [0.2, 0.25) is 0 Å². The summed E-state index contributed by atoms with van der Waals surface area (Å²) < 4.78 is 0.687. The quantitative estimate of drug-likeness (QED) is 0.827. The van der Waals surface area contributed by atoms with Gasteiger partial charge in [-0.2, -0.15) is 0 Å². The van der Waals surface area contributed by atoms with Crippen molar-refractivity contribution in [2.75, 3.05) is 6.61 Å². The van der Waals surface area contributed by atoms with Gasteiger partial charge < -0.3 is 10.4 Å². The molecular weight excluding hydrogens is 272 g/mol. The maximum absolute atomic E-state index is 11.8. The van der Waals surface area contributed by atoms with E-state index in [-0.39, 0.29) is 24.5 Å². The SMILES string of the molecule is CC(C)C(CO)NC(=O)c1ccc(Br)nc1. The molecule has 1 amide bonds. The number of hydrogen-bond donors (Lipinski definition) is 2. The molecule has 88 valence electrons. The van der Waals surface area contributed by atoms with Crippen molar-refractivity contribution in [3.05, 3.63) is 28.5 Å². The second-order valence-electron chi connectivity index (χ2n) is 3.88. The van der Waals surface area contributed by atoms with Gasteiger partial charge in [-0.1, -0.05) is 13.8 Å². The smallest absolute Gasteiger partial charge is 0.253 e. The van der Waals surface area contributed by atoms with Crippen molar-refractivity contribution in [2.45, 2.75) is 19.9 Å². The van der Waals surface area contributed by atoms with Crippen LogP contribution in [0.5, 0.6) is 0 Å². The summed E-state index contributed by atoms with van der Waals surface area (Å²) in [6.07, 6.45) is 1.49. The average molecular weight is 287 g/mol. The molecule has 1 aromatic heterocycles. The number of aromatic nitrogens is 1.